The number of hydrogen-bond acceptors (Lipinski definition) is 4. The SMILES string of the molecule is CCN1CCN(c2ccc(Cl)cc2NC(=O)NCCCO)CC1. The van der Waals surface area contributed by atoms with Gasteiger partial charge in [0.05, 0.1) is 11.4 Å². The van der Waals surface area contributed by atoms with Crippen molar-refractivity contribution in [2.45, 2.75) is 13.3 Å². The van der Waals surface area contributed by atoms with Crippen molar-refractivity contribution < 1.29 is 9.90 Å². The predicted octanol–water partition coefficient (Wildman–Crippen LogP) is 1.99. The quantitative estimate of drug-likeness (QED) is 0.693. The van der Waals surface area contributed by atoms with Crippen molar-refractivity contribution in [3.05, 3.63) is 23.2 Å². The molecule has 1 aromatic carbocycles. The Balaban J connectivity index is 2.04. The largest absolute Gasteiger partial charge is 0.396 e. The number of halogens is 1. The molecular weight excluding hydrogens is 316 g/mol. The van der Waals surface area contributed by atoms with E-state index in [0.717, 1.165) is 38.4 Å². The van der Waals surface area contributed by atoms with Gasteiger partial charge in [0.15, 0.2) is 0 Å². The third kappa shape index (κ3) is 5.27. The van der Waals surface area contributed by atoms with Gasteiger partial charge in [-0.25, -0.2) is 4.79 Å². The number of rotatable bonds is 6. The number of amides is 2. The number of anilines is 2. The monoisotopic (exact) mass is 340 g/mol. The number of nitrogens with one attached hydrogen (secondary N) is 2. The highest BCUT2D eigenvalue weighted by Crippen LogP contribution is 2.30. The van der Waals surface area contributed by atoms with E-state index in [-0.39, 0.29) is 12.6 Å². The van der Waals surface area contributed by atoms with Gasteiger partial charge in [-0.2, -0.15) is 0 Å². The Morgan fingerprint density at radius 1 is 1.30 bits per heavy atom. The van der Waals surface area contributed by atoms with E-state index < -0.39 is 0 Å². The van der Waals surface area contributed by atoms with Crippen molar-refractivity contribution in [2.24, 2.45) is 0 Å². The van der Waals surface area contributed by atoms with Crippen molar-refractivity contribution in [1.82, 2.24) is 10.2 Å². The Hall–Kier alpha value is -1.50. The Bertz CT molecular complexity index is 519. The van der Waals surface area contributed by atoms with E-state index in [1.165, 1.54) is 0 Å². The van der Waals surface area contributed by atoms with Crippen LogP contribution in [0.5, 0.6) is 0 Å². The van der Waals surface area contributed by atoms with Crippen molar-refractivity contribution in [1.29, 1.82) is 0 Å². The van der Waals surface area contributed by atoms with E-state index in [9.17, 15) is 4.79 Å². The number of carbonyl (C=O) groups excluding carboxylic acids is 1. The summed E-state index contributed by atoms with van der Waals surface area (Å²) in [6.45, 7) is 7.61. The maximum absolute atomic E-state index is 12.0. The molecule has 0 atom stereocenters. The summed E-state index contributed by atoms with van der Waals surface area (Å²) in [5, 5.41) is 14.9. The number of likely N-dealkylation sites (N-methyl/N-ethyl adjacent to an activating group) is 1. The first kappa shape index (κ1) is 17.8. The van der Waals surface area contributed by atoms with Gasteiger partial charge in [0.25, 0.3) is 0 Å². The summed E-state index contributed by atoms with van der Waals surface area (Å²) < 4.78 is 0. The first-order valence-electron chi connectivity index (χ1n) is 8.06. The molecule has 6 nitrogen and oxygen atoms in total. The van der Waals surface area contributed by atoms with Crippen molar-refractivity contribution in [3.63, 3.8) is 0 Å². The smallest absolute Gasteiger partial charge is 0.319 e. The number of benzene rings is 1. The highest BCUT2D eigenvalue weighted by atomic mass is 35.5. The zero-order valence-corrected chi connectivity index (χ0v) is 14.3. The lowest BCUT2D eigenvalue weighted by atomic mass is 10.2. The fourth-order valence-electron chi connectivity index (χ4n) is 2.64. The normalized spacial score (nSPS) is 15.5. The van der Waals surface area contributed by atoms with Crippen LogP contribution in [0.4, 0.5) is 16.2 Å². The molecule has 7 heteroatoms. The second-order valence-electron chi connectivity index (χ2n) is 5.54. The van der Waals surface area contributed by atoms with E-state index >= 15 is 0 Å². The molecule has 0 bridgehead atoms. The number of aliphatic hydroxyl groups excluding tert-OH is 1. The zero-order valence-electron chi connectivity index (χ0n) is 13.5. The number of urea groups is 1. The second-order valence-corrected chi connectivity index (χ2v) is 5.98. The number of aliphatic hydroxyl groups is 1. The van der Waals surface area contributed by atoms with Gasteiger partial charge in [-0.15, -0.1) is 0 Å². The summed E-state index contributed by atoms with van der Waals surface area (Å²) in [5.74, 6) is 0. The number of carbonyl (C=O) groups is 1. The molecule has 0 unspecified atom stereocenters. The van der Waals surface area contributed by atoms with E-state index in [1.807, 2.05) is 12.1 Å². The fraction of sp³-hybridized carbons (Fsp3) is 0.562. The van der Waals surface area contributed by atoms with Crippen LogP contribution >= 0.6 is 11.6 Å². The van der Waals surface area contributed by atoms with Gasteiger partial charge in [0.1, 0.15) is 0 Å². The van der Waals surface area contributed by atoms with Gasteiger partial charge in [-0.3, -0.25) is 0 Å². The average Bonchev–Trinajstić information content (AvgIpc) is 2.55. The van der Waals surface area contributed by atoms with Gasteiger partial charge < -0.3 is 25.5 Å². The fourth-order valence-corrected chi connectivity index (χ4v) is 2.81. The van der Waals surface area contributed by atoms with E-state index in [4.69, 9.17) is 16.7 Å². The van der Waals surface area contributed by atoms with Crippen LogP contribution < -0.4 is 15.5 Å². The van der Waals surface area contributed by atoms with Crippen LogP contribution in [-0.2, 0) is 0 Å². The summed E-state index contributed by atoms with van der Waals surface area (Å²) in [7, 11) is 0. The summed E-state index contributed by atoms with van der Waals surface area (Å²) >= 11 is 6.08. The molecule has 3 N–H and O–H groups in total. The molecule has 128 valence electrons. The minimum atomic E-state index is -0.283. The number of nitrogens with zero attached hydrogens (tertiary/aromatic N) is 2. The molecular formula is C16H25ClN4O2. The molecule has 0 aromatic heterocycles. The van der Waals surface area contributed by atoms with Gasteiger partial charge in [0, 0.05) is 44.4 Å². The summed E-state index contributed by atoms with van der Waals surface area (Å²) in [5.41, 5.74) is 1.70. The first-order valence-corrected chi connectivity index (χ1v) is 8.44. The van der Waals surface area contributed by atoms with Crippen LogP contribution in [0.15, 0.2) is 18.2 Å². The third-order valence-electron chi connectivity index (χ3n) is 3.99. The molecule has 23 heavy (non-hydrogen) atoms. The third-order valence-corrected chi connectivity index (χ3v) is 4.22. The molecule has 1 aromatic rings. The van der Waals surface area contributed by atoms with Crippen LogP contribution in [0.3, 0.4) is 0 Å². The van der Waals surface area contributed by atoms with Gasteiger partial charge >= 0.3 is 6.03 Å². The molecule has 1 heterocycles. The van der Waals surface area contributed by atoms with Crippen LogP contribution in [0.2, 0.25) is 5.02 Å². The standard InChI is InChI=1S/C16H25ClN4O2/c1-2-20-7-9-21(10-8-20)15-5-4-13(17)12-14(15)19-16(23)18-6-3-11-22/h4-5,12,22H,2-3,6-11H2,1H3,(H2,18,19,23). The summed E-state index contributed by atoms with van der Waals surface area (Å²) in [6, 6.07) is 5.29. The summed E-state index contributed by atoms with van der Waals surface area (Å²) in [6.07, 6.45) is 0.537. The second kappa shape index (κ2) is 8.96. The Morgan fingerprint density at radius 2 is 2.04 bits per heavy atom. The van der Waals surface area contributed by atoms with Gasteiger partial charge in [0.2, 0.25) is 0 Å². The lowest BCUT2D eigenvalue weighted by molar-refractivity contribution is 0.249. The molecule has 1 aliphatic heterocycles. The molecule has 0 saturated carbocycles. The van der Waals surface area contributed by atoms with Crippen molar-refractivity contribution in [3.8, 4) is 0 Å². The lowest BCUT2D eigenvalue weighted by Crippen LogP contribution is -2.46. The molecule has 1 saturated heterocycles. The topological polar surface area (TPSA) is 67.8 Å². The number of piperazine rings is 1. The molecule has 2 rings (SSSR count). The van der Waals surface area contributed by atoms with E-state index in [1.54, 1.807) is 6.07 Å². The van der Waals surface area contributed by atoms with Crippen LogP contribution in [0.1, 0.15) is 13.3 Å². The van der Waals surface area contributed by atoms with E-state index in [2.05, 4.69) is 27.4 Å². The zero-order chi connectivity index (χ0) is 16.7. The highest BCUT2D eigenvalue weighted by Gasteiger charge is 2.19. The maximum atomic E-state index is 12.0. The molecule has 1 aliphatic rings. The van der Waals surface area contributed by atoms with Crippen LogP contribution in [0, 0.1) is 0 Å². The molecule has 1 fully saturated rings. The Morgan fingerprint density at radius 3 is 2.70 bits per heavy atom. The van der Waals surface area contributed by atoms with Crippen molar-refractivity contribution >= 4 is 29.0 Å². The molecule has 0 radical (unpaired) electrons. The average molecular weight is 341 g/mol. The van der Waals surface area contributed by atoms with E-state index in [0.29, 0.717) is 23.7 Å². The minimum Gasteiger partial charge on any atom is -0.396 e. The highest BCUT2D eigenvalue weighted by molar-refractivity contribution is 6.31. The summed E-state index contributed by atoms with van der Waals surface area (Å²) in [4.78, 5) is 16.6. The molecule has 0 spiro atoms. The Kier molecular flexibility index (Phi) is 6.95. The van der Waals surface area contributed by atoms with Crippen LogP contribution in [-0.4, -0.2) is 61.9 Å². The number of hydrogen-bond donors (Lipinski definition) is 3. The molecule has 0 aliphatic carbocycles. The predicted molar refractivity (Wildman–Crippen MR) is 94.5 cm³/mol. The van der Waals surface area contributed by atoms with Crippen LogP contribution in [0.25, 0.3) is 0 Å². The van der Waals surface area contributed by atoms with Crippen molar-refractivity contribution in [2.75, 3.05) is 56.1 Å². The van der Waals surface area contributed by atoms with Gasteiger partial charge in [-0.1, -0.05) is 18.5 Å². The van der Waals surface area contributed by atoms with Gasteiger partial charge in [-0.05, 0) is 31.2 Å². The first-order chi connectivity index (χ1) is 11.1. The molecule has 2 amide bonds. The minimum absolute atomic E-state index is 0.0599. The maximum Gasteiger partial charge on any atom is 0.319 e. The lowest BCUT2D eigenvalue weighted by Gasteiger charge is -2.36. The Labute approximate surface area is 142 Å².